The van der Waals surface area contributed by atoms with Gasteiger partial charge in [0.15, 0.2) is 0 Å². The van der Waals surface area contributed by atoms with Crippen molar-refractivity contribution in [1.82, 2.24) is 0 Å². The Kier molecular flexibility index (Phi) is 5.08. The zero-order chi connectivity index (χ0) is 8.81. The van der Waals surface area contributed by atoms with Crippen LogP contribution in [0.5, 0.6) is 0 Å². The highest BCUT2D eigenvalue weighted by molar-refractivity contribution is 7.80. The van der Waals surface area contributed by atoms with Crippen LogP contribution in [0, 0.1) is 5.92 Å². The minimum Gasteiger partial charge on any atom is -0.378 e. The molecule has 0 aromatic rings. The lowest BCUT2D eigenvalue weighted by Gasteiger charge is -2.26. The molecule has 0 spiro atoms. The Bertz CT molecular complexity index is 108. The van der Waals surface area contributed by atoms with Gasteiger partial charge >= 0.3 is 0 Å². The van der Waals surface area contributed by atoms with Gasteiger partial charge in [0.2, 0.25) is 0 Å². The van der Waals surface area contributed by atoms with Crippen LogP contribution in [0.25, 0.3) is 0 Å². The maximum Gasteiger partial charge on any atom is 0.0575 e. The van der Waals surface area contributed by atoms with Gasteiger partial charge < -0.3 is 4.74 Å². The van der Waals surface area contributed by atoms with Crippen molar-refractivity contribution in [1.29, 1.82) is 0 Å². The van der Waals surface area contributed by atoms with Gasteiger partial charge in [-0.1, -0.05) is 6.92 Å². The zero-order valence-electron chi connectivity index (χ0n) is 7.96. The largest absolute Gasteiger partial charge is 0.378 e. The second-order valence-electron chi connectivity index (χ2n) is 3.83. The maximum absolute atomic E-state index is 5.72. The highest BCUT2D eigenvalue weighted by Crippen LogP contribution is 2.25. The first-order chi connectivity index (χ1) is 5.83. The first-order valence-electron chi connectivity index (χ1n) is 5.05. The topological polar surface area (TPSA) is 9.23 Å². The molecule has 0 atom stereocenters. The van der Waals surface area contributed by atoms with Crippen LogP contribution in [0.15, 0.2) is 0 Å². The average Bonchev–Trinajstić information content (AvgIpc) is 2.09. The van der Waals surface area contributed by atoms with Gasteiger partial charge in [-0.15, -0.1) is 0 Å². The maximum atomic E-state index is 5.72. The summed E-state index contributed by atoms with van der Waals surface area (Å²) in [6.07, 6.45) is 6.90. The molecule has 1 saturated carbocycles. The van der Waals surface area contributed by atoms with E-state index in [0.717, 1.165) is 24.7 Å². The molecule has 1 aliphatic carbocycles. The van der Waals surface area contributed by atoms with Crippen molar-refractivity contribution in [3.05, 3.63) is 0 Å². The van der Waals surface area contributed by atoms with E-state index in [0.29, 0.717) is 6.10 Å². The molecule has 0 N–H and O–H groups in total. The third-order valence-electron chi connectivity index (χ3n) is 2.62. The summed E-state index contributed by atoms with van der Waals surface area (Å²) in [5.41, 5.74) is 0. The molecule has 0 saturated heterocycles. The monoisotopic (exact) mass is 188 g/mol. The van der Waals surface area contributed by atoms with E-state index < -0.39 is 0 Å². The second kappa shape index (κ2) is 5.87. The molecule has 1 nitrogen and oxygen atoms in total. The third kappa shape index (κ3) is 3.81. The lowest BCUT2D eigenvalue weighted by atomic mass is 9.89. The summed E-state index contributed by atoms with van der Waals surface area (Å²) in [5, 5.41) is 0. The number of thiol groups is 1. The van der Waals surface area contributed by atoms with Gasteiger partial charge in [0.1, 0.15) is 0 Å². The van der Waals surface area contributed by atoms with Crippen molar-refractivity contribution in [2.45, 2.75) is 45.1 Å². The molecule has 0 aromatic carbocycles. The zero-order valence-corrected chi connectivity index (χ0v) is 8.85. The Morgan fingerprint density at radius 1 is 1.25 bits per heavy atom. The van der Waals surface area contributed by atoms with E-state index in [1.54, 1.807) is 0 Å². The molecule has 0 unspecified atom stereocenters. The Labute approximate surface area is 81.3 Å². The molecule has 0 aliphatic heterocycles. The lowest BCUT2D eigenvalue weighted by molar-refractivity contribution is 0.0207. The summed E-state index contributed by atoms with van der Waals surface area (Å²) < 4.78 is 5.72. The van der Waals surface area contributed by atoms with Crippen molar-refractivity contribution in [3.8, 4) is 0 Å². The van der Waals surface area contributed by atoms with Crippen LogP contribution in [0.3, 0.4) is 0 Å². The molecule has 1 aliphatic rings. The smallest absolute Gasteiger partial charge is 0.0575 e. The number of rotatable bonds is 4. The molecule has 0 aromatic heterocycles. The van der Waals surface area contributed by atoms with Gasteiger partial charge in [0.25, 0.3) is 0 Å². The minimum atomic E-state index is 0.557. The van der Waals surface area contributed by atoms with Crippen LogP contribution in [-0.2, 0) is 4.74 Å². The summed E-state index contributed by atoms with van der Waals surface area (Å²) in [7, 11) is 0. The van der Waals surface area contributed by atoms with E-state index in [1.807, 2.05) is 0 Å². The fraction of sp³-hybridized carbons (Fsp3) is 1.00. The van der Waals surface area contributed by atoms with E-state index >= 15 is 0 Å². The highest BCUT2D eigenvalue weighted by atomic mass is 32.1. The van der Waals surface area contributed by atoms with Crippen LogP contribution in [-0.4, -0.2) is 18.5 Å². The van der Waals surface area contributed by atoms with Gasteiger partial charge in [0.05, 0.1) is 6.10 Å². The second-order valence-corrected chi connectivity index (χ2v) is 4.28. The van der Waals surface area contributed by atoms with E-state index in [-0.39, 0.29) is 0 Å². The van der Waals surface area contributed by atoms with Crippen LogP contribution in [0.1, 0.15) is 39.0 Å². The van der Waals surface area contributed by atoms with Crippen molar-refractivity contribution < 1.29 is 4.74 Å². The summed E-state index contributed by atoms with van der Waals surface area (Å²) in [4.78, 5) is 0. The van der Waals surface area contributed by atoms with Crippen LogP contribution in [0.2, 0.25) is 0 Å². The number of hydrogen-bond acceptors (Lipinski definition) is 2. The Morgan fingerprint density at radius 3 is 2.50 bits per heavy atom. The van der Waals surface area contributed by atoms with Crippen molar-refractivity contribution in [3.63, 3.8) is 0 Å². The van der Waals surface area contributed by atoms with E-state index in [4.69, 9.17) is 4.74 Å². The first-order valence-corrected chi connectivity index (χ1v) is 5.68. The van der Waals surface area contributed by atoms with Crippen molar-refractivity contribution >= 4 is 12.6 Å². The number of hydrogen-bond donors (Lipinski definition) is 1. The lowest BCUT2D eigenvalue weighted by Crippen LogP contribution is -2.20. The Balaban J connectivity index is 2.01. The van der Waals surface area contributed by atoms with Gasteiger partial charge in [-0.05, 0) is 43.8 Å². The predicted molar refractivity (Wildman–Crippen MR) is 55.8 cm³/mol. The molecule has 0 bridgehead atoms. The molecule has 0 radical (unpaired) electrons. The van der Waals surface area contributed by atoms with Gasteiger partial charge in [-0.3, -0.25) is 0 Å². The Hall–Kier alpha value is 0.310. The molecular weight excluding hydrogens is 168 g/mol. The molecule has 1 rings (SSSR count). The molecule has 0 amide bonds. The van der Waals surface area contributed by atoms with Crippen molar-refractivity contribution in [2.75, 3.05) is 12.4 Å². The van der Waals surface area contributed by atoms with Crippen molar-refractivity contribution in [2.24, 2.45) is 5.92 Å². The standard InChI is InChI=1S/C10H20OS/c1-9-3-5-10(6-4-9)11-7-2-8-12/h9-10,12H,2-8H2,1H3. The molecule has 2 heteroatoms. The normalized spacial score (nSPS) is 30.5. The molecular formula is C10H20OS. The van der Waals surface area contributed by atoms with Crippen LogP contribution < -0.4 is 0 Å². The highest BCUT2D eigenvalue weighted by Gasteiger charge is 2.17. The summed E-state index contributed by atoms with van der Waals surface area (Å²) >= 11 is 4.15. The average molecular weight is 188 g/mol. The van der Waals surface area contributed by atoms with Gasteiger partial charge in [-0.25, -0.2) is 0 Å². The first kappa shape index (κ1) is 10.4. The van der Waals surface area contributed by atoms with Crippen LogP contribution >= 0.6 is 12.6 Å². The minimum absolute atomic E-state index is 0.557. The van der Waals surface area contributed by atoms with Gasteiger partial charge in [0, 0.05) is 6.61 Å². The van der Waals surface area contributed by atoms with Crippen LogP contribution in [0.4, 0.5) is 0 Å². The molecule has 1 fully saturated rings. The number of ether oxygens (including phenoxy) is 1. The molecule has 72 valence electrons. The fourth-order valence-corrected chi connectivity index (χ4v) is 1.84. The summed E-state index contributed by atoms with van der Waals surface area (Å²) in [6.45, 7) is 3.24. The van der Waals surface area contributed by atoms with Gasteiger partial charge in [-0.2, -0.15) is 12.6 Å². The third-order valence-corrected chi connectivity index (χ3v) is 2.94. The van der Waals surface area contributed by atoms with E-state index in [9.17, 15) is 0 Å². The SMILES string of the molecule is CC1CCC(OCCCS)CC1. The summed E-state index contributed by atoms with van der Waals surface area (Å²) in [5.74, 6) is 1.87. The predicted octanol–water partition coefficient (Wildman–Crippen LogP) is 2.90. The molecule has 0 heterocycles. The van der Waals surface area contributed by atoms with E-state index in [1.165, 1.54) is 25.7 Å². The van der Waals surface area contributed by atoms with E-state index in [2.05, 4.69) is 19.6 Å². The fourth-order valence-electron chi connectivity index (χ4n) is 1.71. The molecule has 12 heavy (non-hydrogen) atoms. The Morgan fingerprint density at radius 2 is 1.92 bits per heavy atom. The summed E-state index contributed by atoms with van der Waals surface area (Å²) in [6, 6.07) is 0. The quantitative estimate of drug-likeness (QED) is 0.527.